The molecule has 9 heteroatoms. The highest BCUT2D eigenvalue weighted by molar-refractivity contribution is 6.01. The Morgan fingerprint density at radius 1 is 1.17 bits per heavy atom. The van der Waals surface area contributed by atoms with Crippen LogP contribution in [0, 0.1) is 11.3 Å². The summed E-state index contributed by atoms with van der Waals surface area (Å²) in [5, 5.41) is 21.0. The van der Waals surface area contributed by atoms with Crippen LogP contribution in [0.3, 0.4) is 0 Å². The van der Waals surface area contributed by atoms with E-state index >= 15 is 0 Å². The van der Waals surface area contributed by atoms with Gasteiger partial charge in [-0.2, -0.15) is 15.5 Å². The number of nitrogens with zero attached hydrogens (tertiary/aromatic N) is 6. The van der Waals surface area contributed by atoms with E-state index in [1.54, 1.807) is 22.5 Å². The molecule has 9 nitrogen and oxygen atoms in total. The molecule has 1 fully saturated rings. The topological polar surface area (TPSA) is 106 Å². The molecule has 0 saturated carbocycles. The third kappa shape index (κ3) is 3.91. The predicted octanol–water partition coefficient (Wildman–Crippen LogP) is 3.36. The molecule has 0 unspecified atom stereocenters. The predicted molar refractivity (Wildman–Crippen MR) is 130 cm³/mol. The Hall–Kier alpha value is -4.19. The molecule has 5 rings (SSSR count). The lowest BCUT2D eigenvalue weighted by Crippen LogP contribution is -2.36. The van der Waals surface area contributed by atoms with Gasteiger partial charge < -0.3 is 9.64 Å². The maximum atomic E-state index is 12.2. The Kier molecular flexibility index (Phi) is 5.73. The number of esters is 1. The lowest BCUT2D eigenvalue weighted by Gasteiger charge is -2.30. The van der Waals surface area contributed by atoms with Gasteiger partial charge in [-0.25, -0.2) is 0 Å². The highest BCUT2D eigenvalue weighted by atomic mass is 16.5. The van der Waals surface area contributed by atoms with Gasteiger partial charge in [0.05, 0.1) is 41.7 Å². The molecule has 1 aliphatic heterocycles. The Morgan fingerprint density at radius 3 is 2.63 bits per heavy atom. The number of ether oxygens (including phenoxy) is 1. The number of piperidine rings is 1. The number of nitriles is 1. The summed E-state index contributed by atoms with van der Waals surface area (Å²) in [5.74, 6) is -0.181. The second-order valence-corrected chi connectivity index (χ2v) is 8.94. The Bertz CT molecular complexity index is 1500. The number of hydrogen-bond acceptors (Lipinski definition) is 6. The van der Waals surface area contributed by atoms with Gasteiger partial charge in [0.25, 0.3) is 0 Å². The lowest BCUT2D eigenvalue weighted by atomic mass is 9.88. The van der Waals surface area contributed by atoms with E-state index in [-0.39, 0.29) is 24.3 Å². The number of rotatable bonds is 4. The largest absolute Gasteiger partial charge is 0.468 e. The molecular formula is C26H26N6O3. The fourth-order valence-electron chi connectivity index (χ4n) is 5.06. The zero-order valence-electron chi connectivity index (χ0n) is 20.0. The average molecular weight is 471 g/mol. The molecule has 0 spiro atoms. The molecule has 0 radical (unpaired) electrons. The van der Waals surface area contributed by atoms with Crippen molar-refractivity contribution < 1.29 is 14.3 Å². The number of aromatic nitrogens is 4. The van der Waals surface area contributed by atoms with Crippen molar-refractivity contribution in [3.8, 4) is 17.2 Å². The average Bonchev–Trinajstić information content (AvgIpc) is 3.43. The highest BCUT2D eigenvalue weighted by Gasteiger charge is 2.28. The van der Waals surface area contributed by atoms with Crippen molar-refractivity contribution in [1.29, 1.82) is 5.26 Å². The Morgan fingerprint density at radius 2 is 1.94 bits per heavy atom. The van der Waals surface area contributed by atoms with Crippen molar-refractivity contribution in [2.75, 3.05) is 20.2 Å². The number of aryl methyl sites for hydroxylation is 1. The Labute approximate surface area is 202 Å². The fraction of sp³-hybridized carbons (Fsp3) is 0.346. The van der Waals surface area contributed by atoms with Crippen LogP contribution in [-0.4, -0.2) is 56.5 Å². The third-order valence-electron chi connectivity index (χ3n) is 6.93. The molecule has 2 aromatic heterocycles. The van der Waals surface area contributed by atoms with Gasteiger partial charge in [-0.3, -0.25) is 19.0 Å². The van der Waals surface area contributed by atoms with Gasteiger partial charge in [-0.1, -0.05) is 12.1 Å². The molecule has 0 aliphatic carbocycles. The van der Waals surface area contributed by atoms with Crippen LogP contribution in [-0.2, 0) is 27.9 Å². The van der Waals surface area contributed by atoms with Crippen molar-refractivity contribution in [2.24, 2.45) is 7.05 Å². The number of likely N-dealkylation sites (tertiary alicyclic amines) is 1. The minimum absolute atomic E-state index is 0.00534. The SMILES string of the molecule is COC(=O)Cn1nc(C2CCN(C(C)=O)CC2)c2c(-c3cc4c(cnn4C)cc3C#N)cccc21. The van der Waals surface area contributed by atoms with Gasteiger partial charge in [-0.05, 0) is 36.6 Å². The minimum Gasteiger partial charge on any atom is -0.468 e. The minimum atomic E-state index is -0.383. The normalized spacial score (nSPS) is 14.4. The van der Waals surface area contributed by atoms with Gasteiger partial charge in [0.2, 0.25) is 5.91 Å². The van der Waals surface area contributed by atoms with Gasteiger partial charge in [-0.15, -0.1) is 0 Å². The molecule has 0 N–H and O–H groups in total. The van der Waals surface area contributed by atoms with E-state index in [4.69, 9.17) is 9.84 Å². The number of amides is 1. The standard InChI is InChI=1S/C26H26N6O3/c1-16(33)31-9-7-17(8-10-31)26-25-20(5-4-6-22(25)32(29-26)15-24(34)35-3)21-12-23-19(11-18(21)13-27)14-28-30(23)2/h4-6,11-12,14,17H,7-10,15H2,1-3H3. The van der Waals surface area contributed by atoms with E-state index in [1.807, 2.05) is 42.3 Å². The first kappa shape index (κ1) is 22.6. The summed E-state index contributed by atoms with van der Waals surface area (Å²) in [5.41, 5.74) is 4.87. The van der Waals surface area contributed by atoms with Crippen LogP contribution in [0.15, 0.2) is 36.5 Å². The van der Waals surface area contributed by atoms with Crippen molar-refractivity contribution in [2.45, 2.75) is 32.2 Å². The molecule has 1 amide bonds. The van der Waals surface area contributed by atoms with Crippen LogP contribution >= 0.6 is 0 Å². The van der Waals surface area contributed by atoms with Crippen LogP contribution in [0.1, 0.15) is 36.9 Å². The second-order valence-electron chi connectivity index (χ2n) is 8.94. The molecule has 0 atom stereocenters. The molecule has 1 saturated heterocycles. The number of carbonyl (C=O) groups is 2. The fourth-order valence-corrected chi connectivity index (χ4v) is 5.06. The highest BCUT2D eigenvalue weighted by Crippen LogP contribution is 2.40. The van der Waals surface area contributed by atoms with Gasteiger partial charge in [0.1, 0.15) is 6.54 Å². The van der Waals surface area contributed by atoms with E-state index in [9.17, 15) is 14.9 Å². The van der Waals surface area contributed by atoms with Crippen molar-refractivity contribution in [3.05, 3.63) is 47.8 Å². The van der Waals surface area contributed by atoms with Crippen LogP contribution in [0.4, 0.5) is 0 Å². The Balaban J connectivity index is 1.72. The van der Waals surface area contributed by atoms with E-state index in [0.717, 1.165) is 51.5 Å². The molecular weight excluding hydrogens is 444 g/mol. The molecule has 1 aliphatic rings. The van der Waals surface area contributed by atoms with Crippen LogP contribution in [0.5, 0.6) is 0 Å². The van der Waals surface area contributed by atoms with Crippen LogP contribution in [0.25, 0.3) is 32.9 Å². The summed E-state index contributed by atoms with van der Waals surface area (Å²) >= 11 is 0. The quantitative estimate of drug-likeness (QED) is 0.424. The zero-order valence-corrected chi connectivity index (χ0v) is 20.0. The second kappa shape index (κ2) is 8.87. The summed E-state index contributed by atoms with van der Waals surface area (Å²) < 4.78 is 8.38. The molecule has 178 valence electrons. The summed E-state index contributed by atoms with van der Waals surface area (Å²) in [6.07, 6.45) is 3.32. The first-order chi connectivity index (χ1) is 16.9. The van der Waals surface area contributed by atoms with Gasteiger partial charge in [0.15, 0.2) is 0 Å². The number of fused-ring (bicyclic) bond motifs is 2. The van der Waals surface area contributed by atoms with Crippen molar-refractivity contribution >= 4 is 33.7 Å². The molecule has 2 aromatic carbocycles. The van der Waals surface area contributed by atoms with E-state index in [2.05, 4.69) is 11.2 Å². The number of benzene rings is 2. The van der Waals surface area contributed by atoms with E-state index < -0.39 is 0 Å². The maximum Gasteiger partial charge on any atom is 0.327 e. The number of carbonyl (C=O) groups excluding carboxylic acids is 2. The number of hydrogen-bond donors (Lipinski definition) is 0. The maximum absolute atomic E-state index is 12.2. The van der Waals surface area contributed by atoms with Gasteiger partial charge >= 0.3 is 5.97 Å². The van der Waals surface area contributed by atoms with Crippen LogP contribution in [0.2, 0.25) is 0 Å². The van der Waals surface area contributed by atoms with E-state index in [1.165, 1.54) is 7.11 Å². The third-order valence-corrected chi connectivity index (χ3v) is 6.93. The van der Waals surface area contributed by atoms with Gasteiger partial charge in [0, 0.05) is 49.3 Å². The monoisotopic (exact) mass is 470 g/mol. The van der Waals surface area contributed by atoms with E-state index in [0.29, 0.717) is 18.7 Å². The zero-order chi connectivity index (χ0) is 24.7. The molecule has 0 bridgehead atoms. The summed E-state index contributed by atoms with van der Waals surface area (Å²) in [7, 11) is 3.24. The lowest BCUT2D eigenvalue weighted by molar-refractivity contribution is -0.141. The summed E-state index contributed by atoms with van der Waals surface area (Å²) in [6.45, 7) is 2.92. The summed E-state index contributed by atoms with van der Waals surface area (Å²) in [4.78, 5) is 25.9. The molecule has 4 aromatic rings. The van der Waals surface area contributed by atoms with Crippen molar-refractivity contribution in [1.82, 2.24) is 24.5 Å². The first-order valence-corrected chi connectivity index (χ1v) is 11.6. The molecule has 35 heavy (non-hydrogen) atoms. The molecule has 3 heterocycles. The van der Waals surface area contributed by atoms with Crippen LogP contribution < -0.4 is 0 Å². The summed E-state index contributed by atoms with van der Waals surface area (Å²) in [6, 6.07) is 12.1. The first-order valence-electron chi connectivity index (χ1n) is 11.6. The van der Waals surface area contributed by atoms with Crippen molar-refractivity contribution in [3.63, 3.8) is 0 Å². The smallest absolute Gasteiger partial charge is 0.327 e. The number of methoxy groups -OCH3 is 1.